The Hall–Kier alpha value is -1.89. The van der Waals surface area contributed by atoms with E-state index in [0.717, 1.165) is 12.8 Å². The van der Waals surface area contributed by atoms with Gasteiger partial charge in [-0.2, -0.15) is 0 Å². The van der Waals surface area contributed by atoms with Gasteiger partial charge in [-0.15, -0.1) is 0 Å². The second-order valence-corrected chi connectivity index (χ2v) is 9.33. The zero-order valence-electron chi connectivity index (χ0n) is 15.8. The summed E-state index contributed by atoms with van der Waals surface area (Å²) < 4.78 is 7.83. The average Bonchev–Trinajstić information content (AvgIpc) is 2.98. The molecule has 1 saturated heterocycles. The smallest absolute Gasteiger partial charge is 0.329 e. The Morgan fingerprint density at radius 2 is 1.92 bits per heavy atom. The van der Waals surface area contributed by atoms with Crippen LogP contribution in [0.3, 0.4) is 0 Å². The largest absolute Gasteiger partial charge is 0.354 e. The van der Waals surface area contributed by atoms with Crippen LogP contribution in [0.5, 0.6) is 0 Å². The second kappa shape index (κ2) is 5.83. The van der Waals surface area contributed by atoms with E-state index in [9.17, 15) is 9.59 Å². The zero-order valence-corrected chi connectivity index (χ0v) is 15.8. The number of imidazole rings is 1. The maximum absolute atomic E-state index is 12.5. The van der Waals surface area contributed by atoms with E-state index in [1.807, 2.05) is 0 Å². The third-order valence-corrected chi connectivity index (χ3v) is 4.96. The van der Waals surface area contributed by atoms with Crippen LogP contribution in [0.15, 0.2) is 15.9 Å². The van der Waals surface area contributed by atoms with Crippen LogP contribution in [0.2, 0.25) is 0 Å². The highest BCUT2D eigenvalue weighted by Crippen LogP contribution is 2.46. The van der Waals surface area contributed by atoms with Crippen LogP contribution < -0.4 is 11.2 Å². The van der Waals surface area contributed by atoms with Crippen LogP contribution in [-0.4, -0.2) is 25.6 Å². The Morgan fingerprint density at radius 1 is 1.24 bits per heavy atom. The molecule has 3 atom stereocenters. The van der Waals surface area contributed by atoms with Gasteiger partial charge in [-0.1, -0.05) is 41.5 Å². The summed E-state index contributed by atoms with van der Waals surface area (Å²) in [7, 11) is 0. The first kappa shape index (κ1) is 17.9. The molecule has 1 aliphatic heterocycles. The van der Waals surface area contributed by atoms with Gasteiger partial charge in [0.15, 0.2) is 11.2 Å². The number of hydrogen-bond donors (Lipinski definition) is 2. The lowest BCUT2D eigenvalue weighted by atomic mass is 9.73. The summed E-state index contributed by atoms with van der Waals surface area (Å²) >= 11 is 0. The lowest BCUT2D eigenvalue weighted by Gasteiger charge is -2.33. The van der Waals surface area contributed by atoms with Crippen molar-refractivity contribution in [2.24, 2.45) is 16.7 Å². The Kier molecular flexibility index (Phi) is 4.18. The molecule has 2 aromatic rings. The summed E-state index contributed by atoms with van der Waals surface area (Å²) in [6, 6.07) is 0. The van der Waals surface area contributed by atoms with Crippen LogP contribution in [-0.2, 0) is 4.74 Å². The van der Waals surface area contributed by atoms with E-state index in [0.29, 0.717) is 11.6 Å². The van der Waals surface area contributed by atoms with E-state index in [4.69, 9.17) is 4.74 Å². The molecule has 2 aromatic heterocycles. The van der Waals surface area contributed by atoms with E-state index in [2.05, 4.69) is 56.5 Å². The maximum atomic E-state index is 12.5. The molecule has 2 N–H and O–H groups in total. The molecule has 3 heterocycles. The quantitative estimate of drug-likeness (QED) is 0.873. The van der Waals surface area contributed by atoms with E-state index < -0.39 is 6.23 Å². The highest BCUT2D eigenvalue weighted by Gasteiger charge is 2.44. The van der Waals surface area contributed by atoms with Gasteiger partial charge in [-0.05, 0) is 29.6 Å². The number of nitrogens with one attached hydrogen (secondary N) is 2. The van der Waals surface area contributed by atoms with E-state index in [1.165, 1.54) is 10.9 Å². The van der Waals surface area contributed by atoms with Gasteiger partial charge in [0.05, 0.1) is 12.4 Å². The van der Waals surface area contributed by atoms with Gasteiger partial charge in [0.1, 0.15) is 6.23 Å². The molecule has 0 saturated carbocycles. The Balaban J connectivity index is 2.02. The Labute approximate surface area is 146 Å². The summed E-state index contributed by atoms with van der Waals surface area (Å²) in [6.07, 6.45) is 2.61. The molecule has 0 spiro atoms. The molecule has 1 fully saturated rings. The van der Waals surface area contributed by atoms with Crippen LogP contribution in [0.25, 0.3) is 11.2 Å². The van der Waals surface area contributed by atoms with Gasteiger partial charge in [-0.25, -0.2) is 14.3 Å². The second-order valence-electron chi connectivity index (χ2n) is 9.33. The number of aromatic nitrogens is 4. The lowest BCUT2D eigenvalue weighted by molar-refractivity contribution is -0.0320. The van der Waals surface area contributed by atoms with Crippen LogP contribution in [0.1, 0.15) is 60.6 Å². The van der Waals surface area contributed by atoms with Crippen LogP contribution in [0.4, 0.5) is 0 Å². The topological polar surface area (TPSA) is 92.8 Å². The number of rotatable bonds is 2. The van der Waals surface area contributed by atoms with Gasteiger partial charge in [0, 0.05) is 0 Å². The van der Waals surface area contributed by atoms with E-state index >= 15 is 0 Å². The number of H-pyrrole nitrogens is 2. The number of fused-ring (bicyclic) bond motifs is 1. The summed E-state index contributed by atoms with van der Waals surface area (Å²) in [5.74, 6) is 0.315. The van der Waals surface area contributed by atoms with Crippen LogP contribution in [0, 0.1) is 16.7 Å². The van der Waals surface area contributed by atoms with Gasteiger partial charge < -0.3 is 9.72 Å². The van der Waals surface area contributed by atoms with E-state index in [-0.39, 0.29) is 33.7 Å². The molecule has 1 aliphatic rings. The first-order chi connectivity index (χ1) is 11.5. The third kappa shape index (κ3) is 3.42. The van der Waals surface area contributed by atoms with Crippen molar-refractivity contribution in [3.8, 4) is 0 Å². The molecule has 25 heavy (non-hydrogen) atoms. The summed E-state index contributed by atoms with van der Waals surface area (Å²) in [5.41, 5.74) is 0.0331. The molecule has 7 nitrogen and oxygen atoms in total. The number of hydrogen-bond acceptors (Lipinski definition) is 4. The fourth-order valence-electron chi connectivity index (χ4n) is 3.81. The van der Waals surface area contributed by atoms with Gasteiger partial charge in [-0.3, -0.25) is 9.78 Å². The van der Waals surface area contributed by atoms with Crippen molar-refractivity contribution in [1.29, 1.82) is 0 Å². The highest BCUT2D eigenvalue weighted by atomic mass is 16.5. The maximum Gasteiger partial charge on any atom is 0.329 e. The van der Waals surface area contributed by atoms with Gasteiger partial charge >= 0.3 is 5.69 Å². The molecule has 7 heteroatoms. The third-order valence-electron chi connectivity index (χ3n) is 4.96. The molecular weight excluding hydrogens is 320 g/mol. The molecule has 138 valence electrons. The molecule has 0 aromatic carbocycles. The average molecular weight is 348 g/mol. The van der Waals surface area contributed by atoms with Crippen molar-refractivity contribution < 1.29 is 4.74 Å². The minimum absolute atomic E-state index is 0.0591. The number of aromatic amines is 2. The molecule has 0 radical (unpaired) electrons. The van der Waals surface area contributed by atoms with Crippen molar-refractivity contribution >= 4 is 11.2 Å². The first-order valence-corrected chi connectivity index (χ1v) is 8.81. The summed E-state index contributed by atoms with van der Waals surface area (Å²) in [5, 5.41) is 0. The fraction of sp³-hybridized carbons (Fsp3) is 0.722. The standard InChI is InChI=1S/C18H28N4O3/c1-17(2,3)8-11-10(18(4,5)6)7-12(25-11)22-14-13(21-16(22)24)15(23)20-9-19-14/h9-12H,7-8H2,1-6H3,(H,21,24)(H,19,20,23)/t10?,11-,12-/m1/s1. The molecule has 0 aliphatic carbocycles. The van der Waals surface area contributed by atoms with Crippen molar-refractivity contribution in [2.75, 3.05) is 0 Å². The Morgan fingerprint density at radius 3 is 2.52 bits per heavy atom. The molecular formula is C18H28N4O3. The zero-order chi connectivity index (χ0) is 18.6. The van der Waals surface area contributed by atoms with Crippen molar-refractivity contribution in [2.45, 2.75) is 66.7 Å². The minimum Gasteiger partial charge on any atom is -0.354 e. The van der Waals surface area contributed by atoms with Gasteiger partial charge in [0.2, 0.25) is 0 Å². The van der Waals surface area contributed by atoms with E-state index in [1.54, 1.807) is 0 Å². The van der Waals surface area contributed by atoms with Gasteiger partial charge in [0.25, 0.3) is 5.56 Å². The van der Waals surface area contributed by atoms with Crippen LogP contribution >= 0.6 is 0 Å². The predicted molar refractivity (Wildman–Crippen MR) is 96.5 cm³/mol. The number of ether oxygens (including phenoxy) is 1. The first-order valence-electron chi connectivity index (χ1n) is 8.81. The molecule has 3 rings (SSSR count). The molecule has 0 amide bonds. The summed E-state index contributed by atoms with van der Waals surface area (Å²) in [6.45, 7) is 13.2. The van der Waals surface area contributed by atoms with Crippen molar-refractivity contribution in [3.63, 3.8) is 0 Å². The lowest BCUT2D eigenvalue weighted by Crippen LogP contribution is -2.31. The predicted octanol–water partition coefficient (Wildman–Crippen LogP) is 2.80. The normalized spacial score (nSPS) is 25.0. The monoisotopic (exact) mass is 348 g/mol. The molecule has 1 unspecified atom stereocenters. The SMILES string of the molecule is CC(C)(C)C[C@H]1O[C@@H](n2c(=O)[nH]c3c(=O)[nH]cnc32)CC1C(C)(C)C. The summed E-state index contributed by atoms with van der Waals surface area (Å²) in [4.78, 5) is 33.7. The number of nitrogens with zero attached hydrogens (tertiary/aromatic N) is 2. The Bertz CT molecular complexity index is 879. The van der Waals surface area contributed by atoms with Crippen molar-refractivity contribution in [3.05, 3.63) is 27.2 Å². The molecule has 0 bridgehead atoms. The highest BCUT2D eigenvalue weighted by molar-refractivity contribution is 5.68. The van der Waals surface area contributed by atoms with Crippen molar-refractivity contribution in [1.82, 2.24) is 19.5 Å². The minimum atomic E-state index is -0.410. The fourth-order valence-corrected chi connectivity index (χ4v) is 3.81.